The number of aromatic amines is 1. The van der Waals surface area contributed by atoms with Gasteiger partial charge in [-0.2, -0.15) is 0 Å². The Morgan fingerprint density at radius 2 is 2.40 bits per heavy atom. The number of aromatic nitrogens is 3. The van der Waals surface area contributed by atoms with E-state index < -0.39 is 0 Å². The highest BCUT2D eigenvalue weighted by molar-refractivity contribution is 14.1. The molecule has 5 heteroatoms. The van der Waals surface area contributed by atoms with Gasteiger partial charge in [-0.25, -0.2) is 4.98 Å². The molecule has 0 spiro atoms. The van der Waals surface area contributed by atoms with Gasteiger partial charge in [-0.1, -0.05) is 0 Å². The number of fused-ring (bicyclic) bond motifs is 1. The summed E-state index contributed by atoms with van der Waals surface area (Å²) in [7, 11) is 0. The van der Waals surface area contributed by atoms with E-state index in [1.165, 1.54) is 19.2 Å². The molecule has 0 atom stereocenters. The van der Waals surface area contributed by atoms with E-state index >= 15 is 0 Å². The second kappa shape index (κ2) is 3.33. The number of hydrogen-bond acceptors (Lipinski definition) is 2. The second-order valence-corrected chi connectivity index (χ2v) is 5.17. The van der Waals surface area contributed by atoms with Gasteiger partial charge in [0.2, 0.25) is 0 Å². The maximum absolute atomic E-state index is 11.6. The van der Waals surface area contributed by atoms with Gasteiger partial charge in [-0.05, 0) is 41.4 Å². The van der Waals surface area contributed by atoms with Gasteiger partial charge in [0.1, 0.15) is 5.65 Å². The van der Waals surface area contributed by atoms with E-state index in [2.05, 4.69) is 37.1 Å². The number of halogens is 1. The lowest BCUT2D eigenvalue weighted by Crippen LogP contribution is -2.07. The average Bonchev–Trinajstić information content (AvgIpc) is 2.94. The topological polar surface area (TPSA) is 50.7 Å². The van der Waals surface area contributed by atoms with E-state index in [4.69, 9.17) is 0 Å². The third-order valence-corrected chi connectivity index (χ3v) is 3.58. The van der Waals surface area contributed by atoms with Crippen molar-refractivity contribution >= 4 is 33.6 Å². The van der Waals surface area contributed by atoms with Gasteiger partial charge < -0.3 is 9.55 Å². The molecule has 2 heterocycles. The molecule has 2 aromatic heterocycles. The molecule has 1 fully saturated rings. The van der Waals surface area contributed by atoms with Crippen molar-refractivity contribution < 1.29 is 0 Å². The van der Waals surface area contributed by atoms with E-state index in [9.17, 15) is 4.79 Å². The van der Waals surface area contributed by atoms with E-state index in [1.807, 2.05) is 6.20 Å². The fourth-order valence-electron chi connectivity index (χ4n) is 1.80. The Morgan fingerprint density at radius 3 is 3.13 bits per heavy atom. The zero-order valence-electron chi connectivity index (χ0n) is 8.03. The van der Waals surface area contributed by atoms with Crippen LogP contribution in [-0.2, 0) is 6.54 Å². The molecule has 4 nitrogen and oxygen atoms in total. The van der Waals surface area contributed by atoms with Gasteiger partial charge in [0, 0.05) is 16.3 Å². The Morgan fingerprint density at radius 1 is 1.60 bits per heavy atom. The molecule has 1 aliphatic carbocycles. The molecule has 78 valence electrons. The van der Waals surface area contributed by atoms with Crippen LogP contribution in [0.25, 0.3) is 11.0 Å². The van der Waals surface area contributed by atoms with Crippen molar-refractivity contribution in [3.63, 3.8) is 0 Å². The number of rotatable bonds is 2. The normalized spacial score (nSPS) is 16.1. The number of nitrogens with zero attached hydrogens (tertiary/aromatic N) is 2. The summed E-state index contributed by atoms with van der Waals surface area (Å²) in [6.07, 6.45) is 6.11. The minimum Gasteiger partial charge on any atom is -0.331 e. The van der Waals surface area contributed by atoms with Crippen molar-refractivity contribution in [2.75, 3.05) is 0 Å². The standard InChI is InChI=1S/C10H10IN3O/c11-7-4-14(3-6-1-2-6)9-8(7)10(15)13-5-12-9/h4-6H,1-3H2,(H,12,13,15). The molecule has 0 aliphatic heterocycles. The molecule has 3 rings (SSSR count). The predicted octanol–water partition coefficient (Wildman–Crippen LogP) is 1.74. The molecule has 2 aromatic rings. The molecular formula is C10H10IN3O. The fraction of sp³-hybridized carbons (Fsp3) is 0.400. The molecule has 0 saturated heterocycles. The first-order valence-electron chi connectivity index (χ1n) is 4.98. The molecule has 1 saturated carbocycles. The zero-order chi connectivity index (χ0) is 10.4. The van der Waals surface area contributed by atoms with Crippen LogP contribution in [0.2, 0.25) is 0 Å². The van der Waals surface area contributed by atoms with Gasteiger partial charge in [-0.3, -0.25) is 4.79 Å². The molecule has 0 bridgehead atoms. The monoisotopic (exact) mass is 315 g/mol. The Bertz CT molecular complexity index is 568. The summed E-state index contributed by atoms with van der Waals surface area (Å²) < 4.78 is 3.09. The highest BCUT2D eigenvalue weighted by Crippen LogP contribution is 2.32. The SMILES string of the molecule is O=c1[nH]cnc2c1c(I)cn2CC1CC1. The predicted molar refractivity (Wildman–Crippen MR) is 65.8 cm³/mol. The van der Waals surface area contributed by atoms with Gasteiger partial charge in [0.15, 0.2) is 0 Å². The van der Waals surface area contributed by atoms with Crippen LogP contribution < -0.4 is 5.56 Å². The second-order valence-electron chi connectivity index (χ2n) is 4.00. The lowest BCUT2D eigenvalue weighted by atomic mass is 10.4. The lowest BCUT2D eigenvalue weighted by Gasteiger charge is -2.00. The largest absolute Gasteiger partial charge is 0.331 e. The smallest absolute Gasteiger partial charge is 0.261 e. The van der Waals surface area contributed by atoms with Crippen LogP contribution in [0.3, 0.4) is 0 Å². The highest BCUT2D eigenvalue weighted by Gasteiger charge is 2.23. The van der Waals surface area contributed by atoms with E-state index in [0.29, 0.717) is 0 Å². The van der Waals surface area contributed by atoms with Crippen molar-refractivity contribution in [1.29, 1.82) is 0 Å². The first-order chi connectivity index (χ1) is 7.25. The van der Waals surface area contributed by atoms with Crippen LogP contribution in [0.5, 0.6) is 0 Å². The first kappa shape index (κ1) is 9.38. The minimum absolute atomic E-state index is 0.0426. The maximum atomic E-state index is 11.6. The van der Waals surface area contributed by atoms with Gasteiger partial charge in [0.05, 0.1) is 11.7 Å². The van der Waals surface area contributed by atoms with E-state index in [1.54, 1.807) is 0 Å². The molecule has 0 aromatic carbocycles. The zero-order valence-corrected chi connectivity index (χ0v) is 10.2. The van der Waals surface area contributed by atoms with Crippen molar-refractivity contribution in [3.8, 4) is 0 Å². The van der Waals surface area contributed by atoms with Gasteiger partial charge >= 0.3 is 0 Å². The Labute approximate surface area is 99.8 Å². The molecule has 1 aliphatic rings. The summed E-state index contributed by atoms with van der Waals surface area (Å²) in [5.74, 6) is 0.789. The quantitative estimate of drug-likeness (QED) is 0.858. The number of nitrogens with one attached hydrogen (secondary N) is 1. The molecule has 0 amide bonds. The van der Waals surface area contributed by atoms with E-state index in [-0.39, 0.29) is 5.56 Å². The van der Waals surface area contributed by atoms with Crippen molar-refractivity contribution in [2.45, 2.75) is 19.4 Å². The molecule has 1 N–H and O–H groups in total. The van der Waals surface area contributed by atoms with Crippen LogP contribution >= 0.6 is 22.6 Å². The molecule has 0 unspecified atom stereocenters. The number of hydrogen-bond donors (Lipinski definition) is 1. The summed E-state index contributed by atoms with van der Waals surface area (Å²) in [5.41, 5.74) is 0.772. The van der Waals surface area contributed by atoms with E-state index in [0.717, 1.165) is 27.1 Å². The number of H-pyrrole nitrogens is 1. The summed E-state index contributed by atoms with van der Waals surface area (Å²) in [6, 6.07) is 0. The van der Waals surface area contributed by atoms with Crippen LogP contribution in [0.4, 0.5) is 0 Å². The Balaban J connectivity index is 2.22. The van der Waals surface area contributed by atoms with Crippen molar-refractivity contribution in [2.24, 2.45) is 5.92 Å². The lowest BCUT2D eigenvalue weighted by molar-refractivity contribution is 0.641. The highest BCUT2D eigenvalue weighted by atomic mass is 127. The summed E-state index contributed by atoms with van der Waals surface area (Å²) in [6.45, 7) is 0.996. The van der Waals surface area contributed by atoms with Gasteiger partial charge in [-0.15, -0.1) is 0 Å². The molecular weight excluding hydrogens is 305 g/mol. The molecule has 15 heavy (non-hydrogen) atoms. The van der Waals surface area contributed by atoms with Gasteiger partial charge in [0.25, 0.3) is 5.56 Å². The molecule has 0 radical (unpaired) electrons. The average molecular weight is 315 g/mol. The van der Waals surface area contributed by atoms with Crippen LogP contribution in [0.1, 0.15) is 12.8 Å². The van der Waals surface area contributed by atoms with Crippen LogP contribution in [0.15, 0.2) is 17.3 Å². The van der Waals surface area contributed by atoms with Crippen molar-refractivity contribution in [1.82, 2.24) is 14.5 Å². The Hall–Kier alpha value is -0.850. The minimum atomic E-state index is -0.0426. The third kappa shape index (κ3) is 1.58. The summed E-state index contributed by atoms with van der Waals surface area (Å²) >= 11 is 2.19. The van der Waals surface area contributed by atoms with Crippen LogP contribution in [-0.4, -0.2) is 14.5 Å². The van der Waals surface area contributed by atoms with Crippen LogP contribution in [0, 0.1) is 9.49 Å². The maximum Gasteiger partial charge on any atom is 0.261 e. The van der Waals surface area contributed by atoms with Crippen molar-refractivity contribution in [3.05, 3.63) is 26.4 Å². The summed E-state index contributed by atoms with van der Waals surface area (Å²) in [5, 5.41) is 0.721. The Kier molecular flexibility index (Phi) is 2.08. The first-order valence-corrected chi connectivity index (χ1v) is 6.05. The summed E-state index contributed by atoms with van der Waals surface area (Å²) in [4.78, 5) is 18.5. The fourth-order valence-corrected chi connectivity index (χ4v) is 2.63. The third-order valence-electron chi connectivity index (χ3n) is 2.77.